The first-order chi connectivity index (χ1) is 6.75. The topological polar surface area (TPSA) is 24.9 Å². The maximum absolute atomic E-state index is 4.51. The molecule has 1 aliphatic rings. The molecule has 1 N–H and O–H groups in total. The summed E-state index contributed by atoms with van der Waals surface area (Å²) in [6.07, 6.45) is 4.86. The molecule has 0 spiro atoms. The quantitative estimate of drug-likeness (QED) is 0.671. The van der Waals surface area contributed by atoms with E-state index in [-0.39, 0.29) is 0 Å². The number of fused-ring (bicyclic) bond motifs is 1. The molecule has 0 unspecified atom stereocenters. The molecule has 0 radical (unpaired) electrons. The average molecular weight is 186 g/mol. The Morgan fingerprint density at radius 1 is 1.43 bits per heavy atom. The van der Waals surface area contributed by atoms with E-state index >= 15 is 0 Å². The number of rotatable bonds is 0. The minimum Gasteiger partial charge on any atom is -0.385 e. The molecular formula is C12H14N2. The molecule has 0 fully saturated rings. The van der Waals surface area contributed by atoms with Crippen molar-refractivity contribution >= 4 is 0 Å². The molecule has 1 aliphatic heterocycles. The van der Waals surface area contributed by atoms with Crippen molar-refractivity contribution in [2.24, 2.45) is 0 Å². The largest absolute Gasteiger partial charge is 0.385 e. The molecule has 2 rings (SSSR count). The fourth-order valence-corrected chi connectivity index (χ4v) is 1.59. The Labute approximate surface area is 84.4 Å². The molecule has 0 saturated carbocycles. The number of hydrogen-bond donors (Lipinski definition) is 1. The number of pyridine rings is 1. The van der Waals surface area contributed by atoms with Gasteiger partial charge < -0.3 is 5.32 Å². The van der Waals surface area contributed by atoms with Gasteiger partial charge in [-0.1, -0.05) is 12.6 Å². The maximum Gasteiger partial charge on any atom is 0.0632 e. The molecule has 1 aromatic rings. The van der Waals surface area contributed by atoms with Gasteiger partial charge in [-0.3, -0.25) is 4.98 Å². The average Bonchev–Trinajstić information content (AvgIpc) is 2.13. The van der Waals surface area contributed by atoms with E-state index in [0.29, 0.717) is 0 Å². The van der Waals surface area contributed by atoms with E-state index in [0.717, 1.165) is 29.9 Å². The van der Waals surface area contributed by atoms with Crippen LogP contribution >= 0.6 is 0 Å². The number of hydrogen-bond acceptors (Lipinski definition) is 2. The highest BCUT2D eigenvalue weighted by molar-refractivity contribution is 5.31. The molecule has 2 heteroatoms. The van der Waals surface area contributed by atoms with Crippen molar-refractivity contribution in [1.29, 1.82) is 0 Å². The van der Waals surface area contributed by atoms with Gasteiger partial charge in [-0.25, -0.2) is 0 Å². The van der Waals surface area contributed by atoms with E-state index in [4.69, 9.17) is 0 Å². The highest BCUT2D eigenvalue weighted by atomic mass is 14.9. The van der Waals surface area contributed by atoms with Crippen molar-refractivity contribution in [1.82, 2.24) is 10.3 Å². The Bertz CT molecular complexity index is 391. The summed E-state index contributed by atoms with van der Waals surface area (Å²) in [6, 6.07) is 4.20. The van der Waals surface area contributed by atoms with Gasteiger partial charge in [-0.2, -0.15) is 0 Å². The zero-order valence-corrected chi connectivity index (χ0v) is 8.38. The number of aryl methyl sites for hydroxylation is 1. The monoisotopic (exact) mass is 186 g/mol. The highest BCUT2D eigenvalue weighted by Crippen LogP contribution is 2.14. The molecule has 0 amide bonds. The Hall–Kier alpha value is -1.57. The van der Waals surface area contributed by atoms with Gasteiger partial charge in [0.1, 0.15) is 0 Å². The van der Waals surface area contributed by atoms with E-state index in [1.165, 1.54) is 5.56 Å². The second kappa shape index (κ2) is 3.66. The van der Waals surface area contributed by atoms with Crippen LogP contribution < -0.4 is 5.32 Å². The van der Waals surface area contributed by atoms with Crippen LogP contribution in [0.5, 0.6) is 0 Å². The summed E-state index contributed by atoms with van der Waals surface area (Å²) in [7, 11) is 0. The summed E-state index contributed by atoms with van der Waals surface area (Å²) in [6.45, 7) is 6.81. The SMILES string of the molecule is C=C1/C=C\NCc2nc(C)ccc2C1. The van der Waals surface area contributed by atoms with Crippen LogP contribution in [-0.2, 0) is 13.0 Å². The van der Waals surface area contributed by atoms with Crippen molar-refractivity contribution in [3.8, 4) is 0 Å². The number of nitrogens with zero attached hydrogens (tertiary/aromatic N) is 1. The van der Waals surface area contributed by atoms with E-state index in [1.807, 2.05) is 19.2 Å². The van der Waals surface area contributed by atoms with Crippen molar-refractivity contribution in [2.75, 3.05) is 0 Å². The molecule has 2 heterocycles. The zero-order valence-electron chi connectivity index (χ0n) is 8.38. The zero-order chi connectivity index (χ0) is 9.97. The molecule has 14 heavy (non-hydrogen) atoms. The Morgan fingerprint density at radius 2 is 2.29 bits per heavy atom. The van der Waals surface area contributed by atoms with Crippen LogP contribution in [-0.4, -0.2) is 4.98 Å². The van der Waals surface area contributed by atoms with Gasteiger partial charge in [-0.05, 0) is 42.8 Å². The molecule has 0 aliphatic carbocycles. The summed E-state index contributed by atoms with van der Waals surface area (Å²) in [4.78, 5) is 4.51. The Balaban J connectivity index is 2.39. The van der Waals surface area contributed by atoms with Crippen LogP contribution in [0.1, 0.15) is 17.0 Å². The van der Waals surface area contributed by atoms with Gasteiger partial charge in [0.25, 0.3) is 0 Å². The van der Waals surface area contributed by atoms with Gasteiger partial charge >= 0.3 is 0 Å². The van der Waals surface area contributed by atoms with Gasteiger partial charge in [-0.15, -0.1) is 0 Å². The van der Waals surface area contributed by atoms with Crippen LogP contribution in [0.25, 0.3) is 0 Å². The lowest BCUT2D eigenvalue weighted by Crippen LogP contribution is -2.12. The third kappa shape index (κ3) is 1.84. The molecule has 0 saturated heterocycles. The third-order valence-electron chi connectivity index (χ3n) is 2.33. The second-order valence-corrected chi connectivity index (χ2v) is 3.61. The van der Waals surface area contributed by atoms with Gasteiger partial charge in [0.05, 0.1) is 12.2 Å². The molecule has 0 aromatic carbocycles. The van der Waals surface area contributed by atoms with Crippen molar-refractivity contribution < 1.29 is 0 Å². The Morgan fingerprint density at radius 3 is 3.14 bits per heavy atom. The Kier molecular flexibility index (Phi) is 2.35. The predicted octanol–water partition coefficient (Wildman–Crippen LogP) is 2.11. The highest BCUT2D eigenvalue weighted by Gasteiger charge is 2.06. The van der Waals surface area contributed by atoms with Crippen LogP contribution in [0.3, 0.4) is 0 Å². The van der Waals surface area contributed by atoms with Crippen LogP contribution in [0.4, 0.5) is 0 Å². The number of allylic oxidation sites excluding steroid dienone is 2. The minimum atomic E-state index is 0.806. The van der Waals surface area contributed by atoms with Crippen molar-refractivity contribution in [3.63, 3.8) is 0 Å². The lowest BCUT2D eigenvalue weighted by molar-refractivity contribution is 0.803. The lowest BCUT2D eigenvalue weighted by atomic mass is 10.0. The van der Waals surface area contributed by atoms with Crippen LogP contribution in [0.2, 0.25) is 0 Å². The standard InChI is InChI=1S/C12H14N2/c1-9-5-6-13-8-12-11(7-9)4-3-10(2)14-12/h3-6,13H,1,7-8H2,2H3/b6-5-. The van der Waals surface area contributed by atoms with Gasteiger partial charge in [0.15, 0.2) is 0 Å². The fraction of sp³-hybridized carbons (Fsp3) is 0.250. The first-order valence-corrected chi connectivity index (χ1v) is 4.79. The van der Waals surface area contributed by atoms with Gasteiger partial charge in [0.2, 0.25) is 0 Å². The predicted molar refractivity (Wildman–Crippen MR) is 57.8 cm³/mol. The second-order valence-electron chi connectivity index (χ2n) is 3.61. The smallest absolute Gasteiger partial charge is 0.0632 e. The number of nitrogens with one attached hydrogen (secondary N) is 1. The summed E-state index contributed by atoms with van der Waals surface area (Å²) in [5.74, 6) is 0. The summed E-state index contributed by atoms with van der Waals surface area (Å²) >= 11 is 0. The molecule has 0 bridgehead atoms. The summed E-state index contributed by atoms with van der Waals surface area (Å²) in [5.41, 5.74) is 4.60. The molecule has 0 atom stereocenters. The van der Waals surface area contributed by atoms with Gasteiger partial charge in [0, 0.05) is 5.69 Å². The normalized spacial score (nSPS) is 17.6. The molecule has 2 nitrogen and oxygen atoms in total. The maximum atomic E-state index is 4.51. The summed E-state index contributed by atoms with van der Waals surface area (Å²) < 4.78 is 0. The summed E-state index contributed by atoms with van der Waals surface area (Å²) in [5, 5.41) is 3.20. The van der Waals surface area contributed by atoms with Crippen molar-refractivity contribution in [3.05, 3.63) is 53.5 Å². The fourth-order valence-electron chi connectivity index (χ4n) is 1.59. The molecule has 72 valence electrons. The number of aromatic nitrogens is 1. The van der Waals surface area contributed by atoms with Crippen LogP contribution in [0.15, 0.2) is 36.6 Å². The minimum absolute atomic E-state index is 0.806. The van der Waals surface area contributed by atoms with E-state index in [2.05, 4.69) is 29.0 Å². The molecular weight excluding hydrogens is 172 g/mol. The van der Waals surface area contributed by atoms with Crippen LogP contribution in [0, 0.1) is 6.92 Å². The lowest BCUT2D eigenvalue weighted by Gasteiger charge is -2.12. The molecule has 1 aromatic heterocycles. The van der Waals surface area contributed by atoms with Crippen molar-refractivity contribution in [2.45, 2.75) is 19.9 Å². The third-order valence-corrected chi connectivity index (χ3v) is 2.33. The van der Waals surface area contributed by atoms with E-state index in [1.54, 1.807) is 0 Å². The first-order valence-electron chi connectivity index (χ1n) is 4.79. The van der Waals surface area contributed by atoms with E-state index in [9.17, 15) is 0 Å². The van der Waals surface area contributed by atoms with E-state index < -0.39 is 0 Å². The first kappa shape index (κ1) is 9.00.